The van der Waals surface area contributed by atoms with Crippen molar-refractivity contribution in [2.24, 2.45) is 0 Å². The fraction of sp³-hybridized carbons (Fsp3) is 0.273. The van der Waals surface area contributed by atoms with Crippen LogP contribution in [-0.4, -0.2) is 8.07 Å². The minimum atomic E-state index is -1.53. The van der Waals surface area contributed by atoms with Gasteiger partial charge in [-0.15, -0.1) is 5.54 Å². The molecule has 0 bridgehead atoms. The van der Waals surface area contributed by atoms with Crippen molar-refractivity contribution in [3.63, 3.8) is 0 Å². The van der Waals surface area contributed by atoms with Gasteiger partial charge in [0.1, 0.15) is 8.07 Å². The van der Waals surface area contributed by atoms with E-state index in [1.54, 1.807) is 0 Å². The topological polar surface area (TPSA) is 26.0 Å². The van der Waals surface area contributed by atoms with E-state index in [4.69, 9.17) is 5.73 Å². The van der Waals surface area contributed by atoms with E-state index < -0.39 is 19.7 Å². The van der Waals surface area contributed by atoms with E-state index >= 15 is 0 Å². The van der Waals surface area contributed by atoms with Gasteiger partial charge in [-0.05, 0) is 12.1 Å². The van der Waals surface area contributed by atoms with Gasteiger partial charge in [-0.3, -0.25) is 0 Å². The van der Waals surface area contributed by atoms with Gasteiger partial charge < -0.3 is 5.73 Å². The van der Waals surface area contributed by atoms with Gasteiger partial charge in [-0.1, -0.05) is 25.6 Å². The van der Waals surface area contributed by atoms with Gasteiger partial charge in [0, 0.05) is 0 Å². The van der Waals surface area contributed by atoms with Crippen LogP contribution in [0.25, 0.3) is 0 Å². The van der Waals surface area contributed by atoms with Gasteiger partial charge in [0.2, 0.25) is 0 Å². The highest BCUT2D eigenvalue weighted by molar-refractivity contribution is 6.83. The van der Waals surface area contributed by atoms with Crippen LogP contribution in [-0.2, 0) is 0 Å². The van der Waals surface area contributed by atoms with Crippen LogP contribution in [0.15, 0.2) is 12.1 Å². The molecule has 0 fully saturated rings. The number of benzene rings is 1. The average Bonchev–Trinajstić information content (AvgIpc) is 2.12. The molecule has 0 amide bonds. The Hall–Kier alpha value is -1.34. The minimum absolute atomic E-state index is 0.208. The first-order valence-electron chi connectivity index (χ1n) is 4.58. The number of halogens is 2. The van der Waals surface area contributed by atoms with Gasteiger partial charge in [0.25, 0.3) is 0 Å². The van der Waals surface area contributed by atoms with Crippen molar-refractivity contribution >= 4 is 13.8 Å². The number of nitrogens with two attached hydrogens (primary N) is 1. The quantitative estimate of drug-likeness (QED) is 0.410. The Morgan fingerprint density at radius 3 is 2.33 bits per heavy atom. The van der Waals surface area contributed by atoms with Gasteiger partial charge >= 0.3 is 0 Å². The maximum absolute atomic E-state index is 13.1. The molecule has 0 saturated heterocycles. The Labute approximate surface area is 89.3 Å². The second kappa shape index (κ2) is 4.03. The zero-order chi connectivity index (χ0) is 11.6. The van der Waals surface area contributed by atoms with Crippen LogP contribution in [0.3, 0.4) is 0 Å². The molecule has 0 unspecified atom stereocenters. The second-order valence-corrected chi connectivity index (χ2v) is 9.07. The second-order valence-electron chi connectivity index (χ2n) is 4.32. The molecule has 0 radical (unpaired) electrons. The molecule has 4 heteroatoms. The standard InChI is InChI=1S/C11H13F2NSi/c1-15(2,3)7-6-8-4-5-9(12)10(13)11(8)14/h4-5H,14H2,1-3H3. The van der Waals surface area contributed by atoms with Gasteiger partial charge in [0.15, 0.2) is 11.6 Å². The highest BCUT2D eigenvalue weighted by atomic mass is 28.3. The largest absolute Gasteiger partial charge is 0.395 e. The van der Waals surface area contributed by atoms with Crippen molar-refractivity contribution in [3.05, 3.63) is 29.3 Å². The zero-order valence-corrected chi connectivity index (χ0v) is 9.99. The van der Waals surface area contributed by atoms with Gasteiger partial charge in [-0.2, -0.15) is 0 Å². The van der Waals surface area contributed by atoms with Crippen LogP contribution in [0, 0.1) is 23.1 Å². The summed E-state index contributed by atoms with van der Waals surface area (Å²) in [5.41, 5.74) is 8.61. The predicted octanol–water partition coefficient (Wildman–Crippen LogP) is 2.78. The average molecular weight is 225 g/mol. The highest BCUT2D eigenvalue weighted by Gasteiger charge is 2.11. The van der Waals surface area contributed by atoms with Crippen LogP contribution in [0.5, 0.6) is 0 Å². The Balaban J connectivity index is 3.17. The Morgan fingerprint density at radius 2 is 1.80 bits per heavy atom. The van der Waals surface area contributed by atoms with Gasteiger partial charge in [0.05, 0.1) is 11.3 Å². The van der Waals surface area contributed by atoms with Crippen molar-refractivity contribution in [2.75, 3.05) is 5.73 Å². The first-order chi connectivity index (χ1) is 6.81. The molecule has 2 N–H and O–H groups in total. The van der Waals surface area contributed by atoms with E-state index in [1.165, 1.54) is 6.07 Å². The van der Waals surface area contributed by atoms with Crippen LogP contribution < -0.4 is 5.73 Å². The van der Waals surface area contributed by atoms with Crippen molar-refractivity contribution in [1.29, 1.82) is 0 Å². The maximum atomic E-state index is 13.1. The first kappa shape index (κ1) is 11.7. The third kappa shape index (κ3) is 3.06. The monoisotopic (exact) mass is 225 g/mol. The molecule has 1 aromatic rings. The van der Waals surface area contributed by atoms with Gasteiger partial charge in [-0.25, -0.2) is 8.78 Å². The summed E-state index contributed by atoms with van der Waals surface area (Å²) in [5.74, 6) is 0.846. The Morgan fingerprint density at radius 1 is 1.20 bits per heavy atom. The molecule has 15 heavy (non-hydrogen) atoms. The van der Waals surface area contributed by atoms with Crippen molar-refractivity contribution < 1.29 is 8.78 Å². The Kier molecular flexibility index (Phi) is 3.15. The number of hydrogen-bond acceptors (Lipinski definition) is 1. The SMILES string of the molecule is C[Si](C)(C)C#Cc1ccc(F)c(F)c1N. The first-order valence-corrected chi connectivity index (χ1v) is 8.08. The van der Waals surface area contributed by atoms with E-state index in [0.29, 0.717) is 5.56 Å². The number of nitrogen functional groups attached to an aromatic ring is 1. The van der Waals surface area contributed by atoms with E-state index in [0.717, 1.165) is 6.07 Å². The molecule has 1 nitrogen and oxygen atoms in total. The normalized spacial score (nSPS) is 10.7. The molecule has 1 aromatic carbocycles. The molecule has 0 aliphatic rings. The van der Waals surface area contributed by atoms with Crippen molar-refractivity contribution in [1.82, 2.24) is 0 Å². The summed E-state index contributed by atoms with van der Waals surface area (Å²) in [6.07, 6.45) is 0. The summed E-state index contributed by atoms with van der Waals surface area (Å²) in [7, 11) is -1.53. The molecule has 0 aliphatic carbocycles. The summed E-state index contributed by atoms with van der Waals surface area (Å²) in [5, 5.41) is 0. The molecule has 0 heterocycles. The summed E-state index contributed by atoms with van der Waals surface area (Å²) in [6.45, 7) is 6.20. The van der Waals surface area contributed by atoms with E-state index in [2.05, 4.69) is 31.1 Å². The zero-order valence-electron chi connectivity index (χ0n) is 8.99. The summed E-state index contributed by atoms with van der Waals surface area (Å²) >= 11 is 0. The molecule has 1 rings (SSSR count). The number of rotatable bonds is 0. The van der Waals surface area contributed by atoms with E-state index in [-0.39, 0.29) is 5.69 Å². The lowest BCUT2D eigenvalue weighted by atomic mass is 10.2. The lowest BCUT2D eigenvalue weighted by Gasteiger charge is -2.05. The number of hydrogen-bond donors (Lipinski definition) is 1. The molecule has 80 valence electrons. The van der Waals surface area contributed by atoms with Crippen LogP contribution in [0.1, 0.15) is 5.56 Å². The van der Waals surface area contributed by atoms with E-state index in [9.17, 15) is 8.78 Å². The summed E-state index contributed by atoms with van der Waals surface area (Å²) < 4.78 is 25.8. The van der Waals surface area contributed by atoms with Crippen LogP contribution >= 0.6 is 0 Å². The lowest BCUT2D eigenvalue weighted by Crippen LogP contribution is -2.16. The molecule has 0 aliphatic heterocycles. The summed E-state index contributed by atoms with van der Waals surface area (Å²) in [6, 6.07) is 2.45. The molecular weight excluding hydrogens is 212 g/mol. The third-order valence-corrected chi connectivity index (χ3v) is 2.58. The molecule has 0 aromatic heterocycles. The Bertz CT molecular complexity index is 438. The highest BCUT2D eigenvalue weighted by Crippen LogP contribution is 2.18. The number of anilines is 1. The van der Waals surface area contributed by atoms with Crippen LogP contribution in [0.2, 0.25) is 19.6 Å². The van der Waals surface area contributed by atoms with Crippen molar-refractivity contribution in [3.8, 4) is 11.5 Å². The van der Waals surface area contributed by atoms with Crippen molar-refractivity contribution in [2.45, 2.75) is 19.6 Å². The maximum Gasteiger partial charge on any atom is 0.182 e. The van der Waals surface area contributed by atoms with E-state index in [1.807, 2.05) is 0 Å². The fourth-order valence-electron chi connectivity index (χ4n) is 0.930. The molecule has 0 atom stereocenters. The third-order valence-electron chi connectivity index (χ3n) is 1.70. The molecule has 0 saturated carbocycles. The molecule has 0 spiro atoms. The smallest absolute Gasteiger partial charge is 0.182 e. The summed E-state index contributed by atoms with van der Waals surface area (Å²) in [4.78, 5) is 0. The predicted molar refractivity (Wildman–Crippen MR) is 61.0 cm³/mol. The molecular formula is C11H13F2NSi. The van der Waals surface area contributed by atoms with Crippen LogP contribution in [0.4, 0.5) is 14.5 Å². The fourth-order valence-corrected chi connectivity index (χ4v) is 1.44. The lowest BCUT2D eigenvalue weighted by molar-refractivity contribution is 0.512. The minimum Gasteiger partial charge on any atom is -0.395 e.